The van der Waals surface area contributed by atoms with Gasteiger partial charge in [-0.3, -0.25) is 14.5 Å². The summed E-state index contributed by atoms with van der Waals surface area (Å²) in [5, 5.41) is 3.31. The molecule has 0 spiro atoms. The summed E-state index contributed by atoms with van der Waals surface area (Å²) in [6, 6.07) is 12.4. The molecule has 130 valence electrons. The van der Waals surface area contributed by atoms with E-state index in [4.69, 9.17) is 16.3 Å². The lowest BCUT2D eigenvalue weighted by molar-refractivity contribution is -0.123. The Labute approximate surface area is 150 Å². The highest BCUT2D eigenvalue weighted by molar-refractivity contribution is 6.31. The Morgan fingerprint density at radius 1 is 1.24 bits per heavy atom. The van der Waals surface area contributed by atoms with Crippen LogP contribution in [0.25, 0.3) is 0 Å². The van der Waals surface area contributed by atoms with Gasteiger partial charge in [0, 0.05) is 36.6 Å². The Morgan fingerprint density at radius 3 is 2.64 bits per heavy atom. The van der Waals surface area contributed by atoms with Crippen LogP contribution < -0.4 is 19.9 Å². The number of carbonyl (C=O) groups excluding carboxylic acids is 2. The van der Waals surface area contributed by atoms with Gasteiger partial charge in [-0.05, 0) is 36.4 Å². The van der Waals surface area contributed by atoms with E-state index in [1.165, 1.54) is 4.90 Å². The maximum Gasteiger partial charge on any atom is 0.265 e. The summed E-state index contributed by atoms with van der Waals surface area (Å²) in [4.78, 5) is 27.8. The monoisotopic (exact) mass is 359 g/mol. The van der Waals surface area contributed by atoms with Gasteiger partial charge in [-0.25, -0.2) is 0 Å². The normalized spacial score (nSPS) is 13.1. The molecule has 1 heterocycles. The van der Waals surface area contributed by atoms with E-state index in [2.05, 4.69) is 5.32 Å². The Morgan fingerprint density at radius 2 is 1.96 bits per heavy atom. The molecule has 0 bridgehead atoms. The number of rotatable bonds is 4. The van der Waals surface area contributed by atoms with Crippen molar-refractivity contribution in [2.75, 3.05) is 42.4 Å². The standard InChI is InChI=1S/C18H18ClN3O3/c1-21(2)14-6-4-13(5-7-14)20-17(23)10-22-15-8-3-12(19)9-16(15)25-11-18(22)24/h3-9H,10-11H2,1-2H3,(H,20,23). The molecular formula is C18H18ClN3O3. The lowest BCUT2D eigenvalue weighted by Crippen LogP contribution is -2.43. The first-order chi connectivity index (χ1) is 11.9. The number of halogens is 1. The minimum absolute atomic E-state index is 0.0910. The van der Waals surface area contributed by atoms with E-state index in [1.54, 1.807) is 18.2 Å². The SMILES string of the molecule is CN(C)c1ccc(NC(=O)CN2C(=O)COc3cc(Cl)ccc32)cc1. The average molecular weight is 360 g/mol. The molecular weight excluding hydrogens is 342 g/mol. The van der Waals surface area contributed by atoms with Crippen LogP contribution in [0.15, 0.2) is 42.5 Å². The largest absolute Gasteiger partial charge is 0.482 e. The molecule has 0 radical (unpaired) electrons. The molecule has 6 nitrogen and oxygen atoms in total. The second-order valence-corrected chi connectivity index (χ2v) is 6.31. The average Bonchev–Trinajstić information content (AvgIpc) is 2.58. The van der Waals surface area contributed by atoms with Gasteiger partial charge in [0.05, 0.1) is 5.69 Å². The van der Waals surface area contributed by atoms with Crippen LogP contribution in [-0.2, 0) is 9.59 Å². The van der Waals surface area contributed by atoms with E-state index in [-0.39, 0.29) is 25.0 Å². The topological polar surface area (TPSA) is 61.9 Å². The summed E-state index contributed by atoms with van der Waals surface area (Å²) in [7, 11) is 3.89. The first-order valence-corrected chi connectivity index (χ1v) is 8.12. The van der Waals surface area contributed by atoms with Gasteiger partial charge < -0.3 is 15.0 Å². The maximum atomic E-state index is 12.3. The zero-order chi connectivity index (χ0) is 18.0. The predicted octanol–water partition coefficient (Wildman–Crippen LogP) is 2.77. The van der Waals surface area contributed by atoms with Crippen molar-refractivity contribution in [3.8, 4) is 5.75 Å². The molecule has 0 aromatic heterocycles. The van der Waals surface area contributed by atoms with E-state index in [0.717, 1.165) is 5.69 Å². The third-order valence-corrected chi connectivity index (χ3v) is 4.07. The molecule has 2 amide bonds. The second-order valence-electron chi connectivity index (χ2n) is 5.87. The molecule has 0 saturated heterocycles. The number of hydrogen-bond acceptors (Lipinski definition) is 4. The highest BCUT2D eigenvalue weighted by Gasteiger charge is 2.27. The highest BCUT2D eigenvalue weighted by Crippen LogP contribution is 2.34. The zero-order valence-electron chi connectivity index (χ0n) is 14.0. The lowest BCUT2D eigenvalue weighted by atomic mass is 10.2. The van der Waals surface area contributed by atoms with Crippen LogP contribution in [0.5, 0.6) is 5.75 Å². The summed E-state index contributed by atoms with van der Waals surface area (Å²) in [5.41, 5.74) is 2.25. The van der Waals surface area contributed by atoms with Gasteiger partial charge in [-0.15, -0.1) is 0 Å². The maximum absolute atomic E-state index is 12.3. The van der Waals surface area contributed by atoms with Crippen LogP contribution in [-0.4, -0.2) is 39.1 Å². The molecule has 1 N–H and O–H groups in total. The van der Waals surface area contributed by atoms with Crippen LogP contribution in [0.4, 0.5) is 17.1 Å². The van der Waals surface area contributed by atoms with E-state index in [1.807, 2.05) is 43.3 Å². The summed E-state index contributed by atoms with van der Waals surface area (Å²) >= 11 is 5.94. The van der Waals surface area contributed by atoms with E-state index < -0.39 is 0 Å². The van der Waals surface area contributed by atoms with Crippen molar-refractivity contribution in [2.24, 2.45) is 0 Å². The molecule has 7 heteroatoms. The van der Waals surface area contributed by atoms with Crippen LogP contribution in [0.3, 0.4) is 0 Å². The Balaban J connectivity index is 1.71. The number of nitrogens with one attached hydrogen (secondary N) is 1. The number of anilines is 3. The van der Waals surface area contributed by atoms with Crippen molar-refractivity contribution in [3.63, 3.8) is 0 Å². The fourth-order valence-electron chi connectivity index (χ4n) is 2.54. The molecule has 0 aliphatic carbocycles. The van der Waals surface area contributed by atoms with Gasteiger partial charge in [0.15, 0.2) is 6.61 Å². The van der Waals surface area contributed by atoms with Crippen LogP contribution in [0.2, 0.25) is 5.02 Å². The van der Waals surface area contributed by atoms with Gasteiger partial charge in [-0.1, -0.05) is 11.6 Å². The number of benzene rings is 2. The molecule has 0 fully saturated rings. The minimum Gasteiger partial charge on any atom is -0.482 e. The highest BCUT2D eigenvalue weighted by atomic mass is 35.5. The van der Waals surface area contributed by atoms with Gasteiger partial charge in [0.2, 0.25) is 5.91 Å². The van der Waals surface area contributed by atoms with E-state index >= 15 is 0 Å². The van der Waals surface area contributed by atoms with Gasteiger partial charge in [-0.2, -0.15) is 0 Å². The van der Waals surface area contributed by atoms with Crippen LogP contribution in [0.1, 0.15) is 0 Å². The second kappa shape index (κ2) is 7.03. The Bertz CT molecular complexity index is 806. The molecule has 2 aromatic rings. The van der Waals surface area contributed by atoms with Crippen LogP contribution >= 0.6 is 11.6 Å². The fraction of sp³-hybridized carbons (Fsp3) is 0.222. The molecule has 0 unspecified atom stereocenters. The summed E-state index contributed by atoms with van der Waals surface area (Å²) in [5.74, 6) is -0.0584. The van der Waals surface area contributed by atoms with Gasteiger partial charge >= 0.3 is 0 Å². The molecule has 0 atom stereocenters. The third-order valence-electron chi connectivity index (χ3n) is 3.83. The summed E-state index contributed by atoms with van der Waals surface area (Å²) in [6.07, 6.45) is 0. The number of hydrogen-bond donors (Lipinski definition) is 1. The zero-order valence-corrected chi connectivity index (χ0v) is 14.7. The quantitative estimate of drug-likeness (QED) is 0.911. The van der Waals surface area contributed by atoms with Crippen LogP contribution in [0, 0.1) is 0 Å². The molecule has 25 heavy (non-hydrogen) atoms. The first-order valence-electron chi connectivity index (χ1n) is 7.74. The van der Waals surface area contributed by atoms with Crippen molar-refractivity contribution in [1.29, 1.82) is 0 Å². The molecule has 3 rings (SSSR count). The number of nitrogens with zero attached hydrogens (tertiary/aromatic N) is 2. The number of carbonyl (C=O) groups is 2. The number of ether oxygens (including phenoxy) is 1. The molecule has 2 aromatic carbocycles. The lowest BCUT2D eigenvalue weighted by Gasteiger charge is -2.29. The summed E-state index contributed by atoms with van der Waals surface area (Å²) < 4.78 is 5.37. The third kappa shape index (κ3) is 3.85. The fourth-order valence-corrected chi connectivity index (χ4v) is 2.70. The summed E-state index contributed by atoms with van der Waals surface area (Å²) in [6.45, 7) is -0.204. The van der Waals surface area contributed by atoms with E-state index in [9.17, 15) is 9.59 Å². The predicted molar refractivity (Wildman–Crippen MR) is 98.7 cm³/mol. The Hall–Kier alpha value is -2.73. The minimum atomic E-state index is -0.284. The van der Waals surface area contributed by atoms with Crippen molar-refractivity contribution in [3.05, 3.63) is 47.5 Å². The smallest absolute Gasteiger partial charge is 0.265 e. The van der Waals surface area contributed by atoms with Crippen molar-refractivity contribution in [1.82, 2.24) is 0 Å². The van der Waals surface area contributed by atoms with Crippen molar-refractivity contribution < 1.29 is 14.3 Å². The van der Waals surface area contributed by atoms with E-state index in [0.29, 0.717) is 22.1 Å². The molecule has 1 aliphatic heterocycles. The number of amides is 2. The van der Waals surface area contributed by atoms with Crippen molar-refractivity contribution in [2.45, 2.75) is 0 Å². The van der Waals surface area contributed by atoms with Gasteiger partial charge in [0.25, 0.3) is 5.91 Å². The van der Waals surface area contributed by atoms with Gasteiger partial charge in [0.1, 0.15) is 12.3 Å². The molecule has 0 saturated carbocycles. The van der Waals surface area contributed by atoms with Crippen molar-refractivity contribution >= 4 is 40.5 Å². The number of fused-ring (bicyclic) bond motifs is 1. The molecule has 1 aliphatic rings. The Kier molecular flexibility index (Phi) is 4.81. The first kappa shape index (κ1) is 17.1.